The van der Waals surface area contributed by atoms with E-state index in [1.807, 2.05) is 24.3 Å². The van der Waals surface area contributed by atoms with Gasteiger partial charge in [-0.05, 0) is 24.3 Å². The average Bonchev–Trinajstić information content (AvgIpc) is 2.07. The summed E-state index contributed by atoms with van der Waals surface area (Å²) in [6, 6.07) is 7.46. The standard InChI is InChI=1S/C8H11NO2/c1-11-8-4-2-7(3-5-8)6-9-10/h2-5H,6,9H2,1H3. The third-order valence-electron chi connectivity index (χ3n) is 1.48. The molecule has 0 fully saturated rings. The fraction of sp³-hybridized carbons (Fsp3) is 0.250. The van der Waals surface area contributed by atoms with E-state index in [4.69, 9.17) is 4.74 Å². The van der Waals surface area contributed by atoms with Gasteiger partial charge in [0.1, 0.15) is 12.3 Å². The second kappa shape index (κ2) is 3.95. The van der Waals surface area contributed by atoms with E-state index in [2.05, 4.69) is 0 Å². The quantitative estimate of drug-likeness (QED) is 0.633. The van der Waals surface area contributed by atoms with E-state index in [0.717, 1.165) is 16.8 Å². The Kier molecular flexibility index (Phi) is 2.89. The Hall–Kier alpha value is -1.06. The smallest absolute Gasteiger partial charge is 0.118 e. The highest BCUT2D eigenvalue weighted by atomic mass is 16.5. The summed E-state index contributed by atoms with van der Waals surface area (Å²) in [5.74, 6) is 0.819. The fourth-order valence-electron chi connectivity index (χ4n) is 0.858. The summed E-state index contributed by atoms with van der Waals surface area (Å²) in [6.07, 6.45) is 0. The summed E-state index contributed by atoms with van der Waals surface area (Å²) >= 11 is 0. The lowest BCUT2D eigenvalue weighted by molar-refractivity contribution is -0.605. The van der Waals surface area contributed by atoms with Crippen molar-refractivity contribution in [3.05, 3.63) is 35.0 Å². The van der Waals surface area contributed by atoms with Crippen LogP contribution in [-0.2, 0) is 6.54 Å². The van der Waals surface area contributed by atoms with Gasteiger partial charge in [0.15, 0.2) is 0 Å². The van der Waals surface area contributed by atoms with Crippen molar-refractivity contribution < 1.29 is 10.2 Å². The van der Waals surface area contributed by atoms with Crippen molar-refractivity contribution in [2.45, 2.75) is 6.54 Å². The molecule has 3 heteroatoms. The second-order valence-corrected chi connectivity index (χ2v) is 2.22. The number of benzene rings is 1. The van der Waals surface area contributed by atoms with Crippen LogP contribution >= 0.6 is 0 Å². The van der Waals surface area contributed by atoms with Gasteiger partial charge >= 0.3 is 0 Å². The van der Waals surface area contributed by atoms with Gasteiger partial charge in [-0.2, -0.15) is 0 Å². The van der Waals surface area contributed by atoms with Gasteiger partial charge in [0, 0.05) is 5.56 Å². The van der Waals surface area contributed by atoms with Gasteiger partial charge in [-0.1, -0.05) is 0 Å². The molecule has 60 valence electrons. The van der Waals surface area contributed by atoms with Crippen LogP contribution in [-0.4, -0.2) is 7.11 Å². The number of hydrogen-bond donors (Lipinski definition) is 1. The summed E-state index contributed by atoms with van der Waals surface area (Å²) in [7, 11) is 1.62. The minimum Gasteiger partial charge on any atom is -0.636 e. The van der Waals surface area contributed by atoms with Gasteiger partial charge < -0.3 is 15.4 Å². The van der Waals surface area contributed by atoms with E-state index in [9.17, 15) is 5.21 Å². The molecule has 0 saturated heterocycles. The maximum Gasteiger partial charge on any atom is 0.118 e. The van der Waals surface area contributed by atoms with E-state index in [-0.39, 0.29) is 0 Å². The lowest BCUT2D eigenvalue weighted by Crippen LogP contribution is -2.75. The van der Waals surface area contributed by atoms with E-state index >= 15 is 0 Å². The number of rotatable bonds is 3. The van der Waals surface area contributed by atoms with Gasteiger partial charge in [0.05, 0.1) is 7.11 Å². The van der Waals surface area contributed by atoms with Crippen molar-refractivity contribution in [3.63, 3.8) is 0 Å². The number of nitrogens with two attached hydrogens (primary N) is 1. The van der Waals surface area contributed by atoms with Crippen LogP contribution < -0.4 is 10.2 Å². The van der Waals surface area contributed by atoms with Crippen molar-refractivity contribution in [1.29, 1.82) is 0 Å². The lowest BCUT2D eigenvalue weighted by Gasteiger charge is -2.03. The zero-order valence-corrected chi connectivity index (χ0v) is 6.41. The minimum atomic E-state index is 0.476. The van der Waals surface area contributed by atoms with Crippen LogP contribution in [0, 0.1) is 5.21 Å². The van der Waals surface area contributed by atoms with Crippen LogP contribution in [0.25, 0.3) is 0 Å². The fourth-order valence-corrected chi connectivity index (χ4v) is 0.858. The zero-order chi connectivity index (χ0) is 8.10. The Morgan fingerprint density at radius 1 is 1.36 bits per heavy atom. The Labute approximate surface area is 65.6 Å². The van der Waals surface area contributed by atoms with Crippen LogP contribution in [0.2, 0.25) is 0 Å². The Morgan fingerprint density at radius 2 is 2.00 bits per heavy atom. The Bertz CT molecular complexity index is 208. The molecule has 0 saturated carbocycles. The highest BCUT2D eigenvalue weighted by Crippen LogP contribution is 2.09. The molecule has 0 aliphatic rings. The Balaban J connectivity index is 2.66. The summed E-state index contributed by atoms with van der Waals surface area (Å²) in [5.41, 5.74) is 1.91. The van der Waals surface area contributed by atoms with Crippen LogP contribution in [0.4, 0.5) is 0 Å². The van der Waals surface area contributed by atoms with E-state index in [0.29, 0.717) is 6.54 Å². The molecule has 0 aliphatic heterocycles. The predicted octanol–water partition coefficient (Wildman–Crippen LogP) is 0.256. The number of ether oxygens (including phenoxy) is 1. The Morgan fingerprint density at radius 3 is 2.45 bits per heavy atom. The molecular weight excluding hydrogens is 142 g/mol. The molecule has 1 aromatic rings. The van der Waals surface area contributed by atoms with Gasteiger partial charge in [0.25, 0.3) is 0 Å². The predicted molar refractivity (Wildman–Crippen MR) is 42.0 cm³/mol. The molecule has 11 heavy (non-hydrogen) atoms. The first-order chi connectivity index (χ1) is 5.36. The molecule has 0 amide bonds. The maximum absolute atomic E-state index is 10.1. The molecule has 0 heterocycles. The SMILES string of the molecule is COc1ccc(C[NH2+][O-])cc1. The summed E-state index contributed by atoms with van der Waals surface area (Å²) in [4.78, 5) is 0. The highest BCUT2D eigenvalue weighted by Gasteiger charge is 1.92. The molecule has 0 bridgehead atoms. The molecular formula is C8H11NO2. The van der Waals surface area contributed by atoms with Gasteiger partial charge in [-0.3, -0.25) is 0 Å². The van der Waals surface area contributed by atoms with Crippen molar-refractivity contribution >= 4 is 0 Å². The minimum absolute atomic E-state index is 0.476. The molecule has 1 aromatic carbocycles. The maximum atomic E-state index is 10.1. The number of hydrogen-bond acceptors (Lipinski definition) is 2. The van der Waals surface area contributed by atoms with Gasteiger partial charge in [0.2, 0.25) is 0 Å². The largest absolute Gasteiger partial charge is 0.636 e. The lowest BCUT2D eigenvalue weighted by atomic mass is 10.2. The first-order valence-corrected chi connectivity index (χ1v) is 3.43. The highest BCUT2D eigenvalue weighted by molar-refractivity contribution is 5.26. The summed E-state index contributed by atoms with van der Waals surface area (Å²) in [5, 5.41) is 10.1. The summed E-state index contributed by atoms with van der Waals surface area (Å²) < 4.78 is 4.96. The van der Waals surface area contributed by atoms with Crippen molar-refractivity contribution in [2.24, 2.45) is 0 Å². The molecule has 0 aliphatic carbocycles. The van der Waals surface area contributed by atoms with Gasteiger partial charge in [-0.25, -0.2) is 0 Å². The van der Waals surface area contributed by atoms with E-state index in [1.165, 1.54) is 0 Å². The average molecular weight is 153 g/mol. The molecule has 0 aromatic heterocycles. The van der Waals surface area contributed by atoms with Gasteiger partial charge in [-0.15, -0.1) is 0 Å². The molecule has 0 spiro atoms. The third-order valence-corrected chi connectivity index (χ3v) is 1.48. The second-order valence-electron chi connectivity index (χ2n) is 2.22. The van der Waals surface area contributed by atoms with E-state index < -0.39 is 0 Å². The van der Waals surface area contributed by atoms with Crippen LogP contribution in [0.1, 0.15) is 5.56 Å². The van der Waals surface area contributed by atoms with Crippen LogP contribution in [0.15, 0.2) is 24.3 Å². The van der Waals surface area contributed by atoms with Crippen LogP contribution in [0.5, 0.6) is 5.75 Å². The number of methoxy groups -OCH3 is 1. The van der Waals surface area contributed by atoms with E-state index in [1.54, 1.807) is 7.11 Å². The zero-order valence-electron chi connectivity index (χ0n) is 6.41. The first-order valence-electron chi connectivity index (χ1n) is 3.43. The molecule has 0 radical (unpaired) electrons. The number of hydroxylamine groups is 1. The summed E-state index contributed by atoms with van der Waals surface area (Å²) in [6.45, 7) is 0.476. The van der Waals surface area contributed by atoms with Crippen molar-refractivity contribution in [1.82, 2.24) is 0 Å². The van der Waals surface area contributed by atoms with Crippen molar-refractivity contribution in [2.75, 3.05) is 7.11 Å². The molecule has 0 atom stereocenters. The molecule has 0 unspecified atom stereocenters. The van der Waals surface area contributed by atoms with Crippen LogP contribution in [0.3, 0.4) is 0 Å². The third kappa shape index (κ3) is 2.22. The monoisotopic (exact) mass is 153 g/mol. The molecule has 1 rings (SSSR count). The molecule has 2 N–H and O–H groups in total. The number of quaternary nitrogens is 1. The topological polar surface area (TPSA) is 48.9 Å². The van der Waals surface area contributed by atoms with Crippen molar-refractivity contribution in [3.8, 4) is 5.75 Å². The molecule has 3 nitrogen and oxygen atoms in total. The first kappa shape index (κ1) is 8.04. The normalized spacial score (nSPS) is 9.64.